The average molecular weight is 794 g/mol. The predicted molar refractivity (Wildman–Crippen MR) is 262 cm³/mol. The van der Waals surface area contributed by atoms with Gasteiger partial charge in [-0.1, -0.05) is 152 Å². The summed E-state index contributed by atoms with van der Waals surface area (Å²) in [7, 11) is 0. The molecule has 61 heavy (non-hydrogen) atoms. The van der Waals surface area contributed by atoms with Crippen molar-refractivity contribution >= 4 is 114 Å². The van der Waals surface area contributed by atoms with Crippen molar-refractivity contribution in [2.24, 2.45) is 0 Å². The van der Waals surface area contributed by atoms with Gasteiger partial charge in [0.15, 0.2) is 0 Å². The Morgan fingerprint density at radius 3 is 1.74 bits per heavy atom. The fourth-order valence-corrected chi connectivity index (χ4v) is 10.9. The molecule has 13 rings (SSSR count). The topological polar surface area (TPSA) is 16.4 Å². The Hall–Kier alpha value is -7.72. The maximum absolute atomic E-state index is 6.28. The third kappa shape index (κ3) is 5.41. The van der Waals surface area contributed by atoms with E-state index in [0.717, 1.165) is 50.1 Å². The van der Waals surface area contributed by atoms with Crippen molar-refractivity contribution in [3.63, 3.8) is 0 Å². The molecule has 2 heterocycles. The van der Waals surface area contributed by atoms with E-state index in [4.69, 9.17) is 4.42 Å². The maximum atomic E-state index is 6.28. The molecule has 0 amide bonds. The Kier molecular flexibility index (Phi) is 7.51. The molecular weight excluding hydrogens is 759 g/mol. The van der Waals surface area contributed by atoms with E-state index in [2.05, 4.69) is 205 Å². The standard InChI is InChI=1S/C58H35NOS/c1-2-12-43(13-3-1)59(44-14-8-11-41(33-44)47-17-9-19-53-58(47)51-16-6-7-18-52(51)60-53)45-28-31-50-49-30-27-40(34-54(49)61-55(50)35-45)39-26-29-48-42(32-39)25-24-38-23-22-37-21-20-36-10-4-5-15-46(36)56(37)57(38)48/h1-35H. The van der Waals surface area contributed by atoms with Crippen LogP contribution in [0, 0.1) is 0 Å². The van der Waals surface area contributed by atoms with Crippen LogP contribution in [0.15, 0.2) is 217 Å². The highest BCUT2D eigenvalue weighted by atomic mass is 32.1. The third-order valence-corrected chi connectivity index (χ3v) is 13.7. The van der Waals surface area contributed by atoms with Crippen LogP contribution in [-0.2, 0) is 0 Å². The molecule has 0 aliphatic carbocycles. The first-order valence-electron chi connectivity index (χ1n) is 20.8. The van der Waals surface area contributed by atoms with Crippen LogP contribution in [0.4, 0.5) is 17.1 Å². The molecule has 0 radical (unpaired) electrons. The zero-order chi connectivity index (χ0) is 40.0. The van der Waals surface area contributed by atoms with E-state index < -0.39 is 0 Å². The first kappa shape index (κ1) is 34.2. The lowest BCUT2D eigenvalue weighted by atomic mass is 9.92. The minimum absolute atomic E-state index is 0.902. The second kappa shape index (κ2) is 13.4. The SMILES string of the molecule is c1ccc(N(c2cccc(-c3cccc4oc5ccccc5c34)c2)c2ccc3c(c2)sc2cc(-c4ccc5c(ccc6ccc7ccc8ccccc8c7c65)c4)ccc23)cc1. The lowest BCUT2D eigenvalue weighted by Gasteiger charge is -2.26. The number of hydrogen-bond acceptors (Lipinski definition) is 3. The molecule has 0 saturated carbocycles. The number of fused-ring (bicyclic) bond motifs is 13. The Morgan fingerprint density at radius 1 is 0.311 bits per heavy atom. The Bertz CT molecular complexity index is 3890. The molecule has 2 nitrogen and oxygen atoms in total. The third-order valence-electron chi connectivity index (χ3n) is 12.6. The molecule has 0 saturated heterocycles. The summed E-state index contributed by atoms with van der Waals surface area (Å²) in [6.45, 7) is 0. The fraction of sp³-hybridized carbons (Fsp3) is 0. The van der Waals surface area contributed by atoms with E-state index in [0.29, 0.717) is 0 Å². The second-order valence-electron chi connectivity index (χ2n) is 16.0. The van der Waals surface area contributed by atoms with Gasteiger partial charge in [0.1, 0.15) is 11.2 Å². The minimum Gasteiger partial charge on any atom is -0.456 e. The van der Waals surface area contributed by atoms with E-state index in [1.165, 1.54) is 74.4 Å². The molecular formula is C58H35NOS. The number of anilines is 3. The molecule has 3 heteroatoms. The Labute approximate surface area is 355 Å². The number of furan rings is 1. The van der Waals surface area contributed by atoms with E-state index in [1.54, 1.807) is 0 Å². The number of nitrogens with zero attached hydrogens (tertiary/aromatic N) is 1. The van der Waals surface area contributed by atoms with Crippen LogP contribution in [0.2, 0.25) is 0 Å². The van der Waals surface area contributed by atoms with Crippen LogP contribution in [0.5, 0.6) is 0 Å². The molecule has 0 spiro atoms. The van der Waals surface area contributed by atoms with Gasteiger partial charge in [0.2, 0.25) is 0 Å². The predicted octanol–water partition coefficient (Wildman–Crippen LogP) is 17.4. The van der Waals surface area contributed by atoms with Gasteiger partial charge in [0.05, 0.1) is 0 Å². The largest absolute Gasteiger partial charge is 0.456 e. The molecule has 0 aliphatic heterocycles. The van der Waals surface area contributed by atoms with Crippen LogP contribution < -0.4 is 4.90 Å². The van der Waals surface area contributed by atoms with Gasteiger partial charge in [-0.2, -0.15) is 0 Å². The average Bonchev–Trinajstić information content (AvgIpc) is 3.89. The molecule has 0 atom stereocenters. The second-order valence-corrected chi connectivity index (χ2v) is 17.1. The summed E-state index contributed by atoms with van der Waals surface area (Å²) >= 11 is 1.87. The Morgan fingerprint density at radius 2 is 0.902 bits per heavy atom. The summed E-state index contributed by atoms with van der Waals surface area (Å²) in [5, 5.41) is 15.2. The molecule has 0 aliphatic rings. The molecule has 0 fully saturated rings. The van der Waals surface area contributed by atoms with Crippen molar-refractivity contribution in [2.45, 2.75) is 0 Å². The van der Waals surface area contributed by atoms with Crippen LogP contribution in [0.3, 0.4) is 0 Å². The smallest absolute Gasteiger partial charge is 0.136 e. The number of thiophene rings is 1. The molecule has 0 bridgehead atoms. The summed E-state index contributed by atoms with van der Waals surface area (Å²) in [6, 6.07) is 77.5. The lowest BCUT2D eigenvalue weighted by Crippen LogP contribution is -2.09. The highest BCUT2D eigenvalue weighted by molar-refractivity contribution is 7.25. The van der Waals surface area contributed by atoms with Gasteiger partial charge in [-0.25, -0.2) is 0 Å². The Balaban J connectivity index is 0.907. The first-order chi connectivity index (χ1) is 30.2. The zero-order valence-electron chi connectivity index (χ0n) is 33.0. The lowest BCUT2D eigenvalue weighted by molar-refractivity contribution is 0.669. The summed E-state index contributed by atoms with van der Waals surface area (Å²) in [4.78, 5) is 2.37. The van der Waals surface area contributed by atoms with Crippen LogP contribution in [0.25, 0.3) is 107 Å². The van der Waals surface area contributed by atoms with Crippen LogP contribution >= 0.6 is 11.3 Å². The molecule has 2 aromatic heterocycles. The normalized spacial score (nSPS) is 11.9. The number of para-hydroxylation sites is 2. The number of benzene rings is 11. The highest BCUT2D eigenvalue weighted by Gasteiger charge is 2.18. The zero-order valence-corrected chi connectivity index (χ0v) is 33.8. The van der Waals surface area contributed by atoms with E-state index in [9.17, 15) is 0 Å². The van der Waals surface area contributed by atoms with Gasteiger partial charge < -0.3 is 9.32 Å². The summed E-state index contributed by atoms with van der Waals surface area (Å²) in [5.41, 5.74) is 9.91. The van der Waals surface area contributed by atoms with E-state index in [1.807, 2.05) is 23.5 Å². The van der Waals surface area contributed by atoms with Crippen LogP contribution in [0.1, 0.15) is 0 Å². The van der Waals surface area contributed by atoms with Crippen molar-refractivity contribution in [1.29, 1.82) is 0 Å². The fourth-order valence-electron chi connectivity index (χ4n) is 9.77. The molecule has 11 aromatic carbocycles. The van der Waals surface area contributed by atoms with Gasteiger partial charge in [-0.15, -0.1) is 11.3 Å². The van der Waals surface area contributed by atoms with Crippen molar-refractivity contribution in [1.82, 2.24) is 0 Å². The maximum Gasteiger partial charge on any atom is 0.136 e. The highest BCUT2D eigenvalue weighted by Crippen LogP contribution is 2.44. The minimum atomic E-state index is 0.902. The summed E-state index contributed by atoms with van der Waals surface area (Å²) in [5.74, 6) is 0. The quantitative estimate of drug-likeness (QED) is 0.161. The van der Waals surface area contributed by atoms with Gasteiger partial charge in [-0.05, 0) is 126 Å². The van der Waals surface area contributed by atoms with Gasteiger partial charge in [0.25, 0.3) is 0 Å². The summed E-state index contributed by atoms with van der Waals surface area (Å²) in [6.07, 6.45) is 0. The van der Waals surface area contributed by atoms with Gasteiger partial charge in [0, 0.05) is 48.0 Å². The van der Waals surface area contributed by atoms with Crippen LogP contribution in [-0.4, -0.2) is 0 Å². The van der Waals surface area contributed by atoms with Gasteiger partial charge in [-0.3, -0.25) is 0 Å². The summed E-state index contributed by atoms with van der Waals surface area (Å²) < 4.78 is 8.83. The molecule has 0 N–H and O–H groups in total. The molecule has 284 valence electrons. The van der Waals surface area contributed by atoms with Crippen molar-refractivity contribution in [3.8, 4) is 22.3 Å². The van der Waals surface area contributed by atoms with Crippen molar-refractivity contribution in [2.75, 3.05) is 4.90 Å². The molecule has 13 aromatic rings. The number of rotatable bonds is 5. The van der Waals surface area contributed by atoms with E-state index in [-0.39, 0.29) is 0 Å². The monoisotopic (exact) mass is 793 g/mol. The van der Waals surface area contributed by atoms with Gasteiger partial charge >= 0.3 is 0 Å². The number of hydrogen-bond donors (Lipinski definition) is 0. The van der Waals surface area contributed by atoms with Crippen molar-refractivity contribution in [3.05, 3.63) is 212 Å². The van der Waals surface area contributed by atoms with Crippen molar-refractivity contribution < 1.29 is 4.42 Å². The van der Waals surface area contributed by atoms with E-state index >= 15 is 0 Å². The first-order valence-corrected chi connectivity index (χ1v) is 21.6. The molecule has 0 unspecified atom stereocenters.